The van der Waals surface area contributed by atoms with Gasteiger partial charge in [-0.25, -0.2) is 0 Å². The highest BCUT2D eigenvalue weighted by Gasteiger charge is 1.93. The summed E-state index contributed by atoms with van der Waals surface area (Å²) in [4.78, 5) is 11.3. The van der Waals surface area contributed by atoms with Crippen LogP contribution in [-0.2, 0) is 14.3 Å². The molecule has 0 unspecified atom stereocenters. The zero-order valence-electron chi connectivity index (χ0n) is 10.3. The maximum Gasteiger partial charge on any atom is 0.232 e. The monoisotopic (exact) mass is 222 g/mol. The van der Waals surface area contributed by atoms with Gasteiger partial charge in [-0.05, 0) is 33.6 Å². The lowest BCUT2D eigenvalue weighted by Crippen LogP contribution is -1.93. The minimum atomic E-state index is -0.272. The van der Waals surface area contributed by atoms with E-state index in [9.17, 15) is 4.79 Å². The van der Waals surface area contributed by atoms with Crippen LogP contribution < -0.4 is 0 Å². The predicted octanol–water partition coefficient (Wildman–Crippen LogP) is 2.44. The molecule has 0 N–H and O–H groups in total. The third-order valence-corrected chi connectivity index (χ3v) is 1.55. The van der Waals surface area contributed by atoms with Crippen LogP contribution in [0.2, 0.25) is 0 Å². The van der Waals surface area contributed by atoms with Crippen LogP contribution in [0.1, 0.15) is 27.7 Å². The molecule has 0 aromatic rings. The second kappa shape index (κ2) is 8.60. The van der Waals surface area contributed by atoms with Gasteiger partial charge in [0.2, 0.25) is 5.78 Å². The van der Waals surface area contributed by atoms with Crippen molar-refractivity contribution < 1.29 is 14.3 Å². The van der Waals surface area contributed by atoms with Crippen molar-refractivity contribution in [2.45, 2.75) is 27.7 Å². The Labute approximate surface area is 97.1 Å². The Kier molecular flexibility index (Phi) is 7.70. The first-order chi connectivity index (χ1) is 7.60. The van der Waals surface area contributed by atoms with Gasteiger partial charge < -0.3 is 9.47 Å². The molecule has 3 heteroatoms. The summed E-state index contributed by atoms with van der Waals surface area (Å²) < 4.78 is 10.3. The van der Waals surface area contributed by atoms with E-state index < -0.39 is 0 Å². The van der Waals surface area contributed by atoms with E-state index in [0.29, 0.717) is 24.7 Å². The van der Waals surface area contributed by atoms with E-state index in [-0.39, 0.29) is 5.78 Å². The Balaban J connectivity index is 4.30. The number of hydrogen-bond acceptors (Lipinski definition) is 3. The van der Waals surface area contributed by atoms with Gasteiger partial charge in [-0.15, -0.1) is 0 Å². The molecule has 3 nitrogen and oxygen atoms in total. The van der Waals surface area contributed by atoms with Crippen molar-refractivity contribution in [2.75, 3.05) is 13.2 Å². The molecular weight excluding hydrogens is 204 g/mol. The first-order valence-electron chi connectivity index (χ1n) is 5.26. The zero-order chi connectivity index (χ0) is 12.4. The van der Waals surface area contributed by atoms with Gasteiger partial charge in [-0.2, -0.15) is 0 Å². The normalized spacial score (nSPS) is 11.5. The van der Waals surface area contributed by atoms with Crippen LogP contribution in [0.15, 0.2) is 23.7 Å². The molecule has 0 aliphatic rings. The molecule has 0 aliphatic carbocycles. The first-order valence-corrected chi connectivity index (χ1v) is 5.26. The SMILES string of the molecule is CCOC(C)=CC#CC(=O)C=C(C)OCC. The van der Waals surface area contributed by atoms with Crippen molar-refractivity contribution in [1.82, 2.24) is 0 Å². The van der Waals surface area contributed by atoms with Crippen LogP contribution in [-0.4, -0.2) is 19.0 Å². The molecule has 0 saturated heterocycles. The predicted molar refractivity (Wildman–Crippen MR) is 63.5 cm³/mol. The Morgan fingerprint density at radius 2 is 1.69 bits per heavy atom. The van der Waals surface area contributed by atoms with Crippen LogP contribution in [0.3, 0.4) is 0 Å². The minimum absolute atomic E-state index is 0.272. The summed E-state index contributed by atoms with van der Waals surface area (Å²) in [5, 5.41) is 0. The lowest BCUT2D eigenvalue weighted by Gasteiger charge is -1.99. The molecule has 0 rings (SSSR count). The van der Waals surface area contributed by atoms with E-state index in [1.54, 1.807) is 19.9 Å². The van der Waals surface area contributed by atoms with Crippen molar-refractivity contribution in [3.63, 3.8) is 0 Å². The van der Waals surface area contributed by atoms with Crippen LogP contribution in [0.25, 0.3) is 0 Å². The smallest absolute Gasteiger partial charge is 0.232 e. The first kappa shape index (κ1) is 14.3. The standard InChI is InChI=1S/C13H18O3/c1-5-15-11(3)8-7-9-13(14)10-12(4)16-6-2/h8,10H,5-6H2,1-4H3. The van der Waals surface area contributed by atoms with Gasteiger partial charge in [0.15, 0.2) is 0 Å². The number of allylic oxidation sites excluding steroid dienone is 4. The lowest BCUT2D eigenvalue weighted by molar-refractivity contribution is -0.109. The third-order valence-electron chi connectivity index (χ3n) is 1.55. The Morgan fingerprint density at radius 1 is 1.12 bits per heavy atom. The Hall–Kier alpha value is -1.69. The van der Waals surface area contributed by atoms with Crippen molar-refractivity contribution >= 4 is 5.78 Å². The highest BCUT2D eigenvalue weighted by atomic mass is 16.5. The molecule has 0 aromatic carbocycles. The van der Waals surface area contributed by atoms with E-state index in [4.69, 9.17) is 9.47 Å². The molecule has 0 heterocycles. The molecular formula is C13H18O3. The van der Waals surface area contributed by atoms with Gasteiger partial charge in [0, 0.05) is 12.2 Å². The molecule has 0 aliphatic heterocycles. The quantitative estimate of drug-likeness (QED) is 0.310. The molecule has 0 atom stereocenters. The fourth-order valence-electron chi connectivity index (χ4n) is 0.968. The number of hydrogen-bond donors (Lipinski definition) is 0. The molecule has 0 fully saturated rings. The van der Waals surface area contributed by atoms with Crippen LogP contribution >= 0.6 is 0 Å². The molecule has 0 radical (unpaired) electrons. The van der Waals surface area contributed by atoms with E-state index in [1.807, 2.05) is 13.8 Å². The number of carbonyl (C=O) groups excluding carboxylic acids is 1. The second-order valence-corrected chi connectivity index (χ2v) is 3.01. The highest BCUT2D eigenvalue weighted by Crippen LogP contribution is 1.95. The Bertz CT molecular complexity index is 340. The largest absolute Gasteiger partial charge is 0.498 e. The van der Waals surface area contributed by atoms with Crippen molar-refractivity contribution in [2.24, 2.45) is 0 Å². The van der Waals surface area contributed by atoms with Gasteiger partial charge in [0.1, 0.15) is 5.76 Å². The molecule has 16 heavy (non-hydrogen) atoms. The summed E-state index contributed by atoms with van der Waals surface area (Å²) >= 11 is 0. The fraction of sp³-hybridized carbons (Fsp3) is 0.462. The van der Waals surface area contributed by atoms with Crippen molar-refractivity contribution in [3.05, 3.63) is 23.7 Å². The molecule has 88 valence electrons. The zero-order valence-corrected chi connectivity index (χ0v) is 10.3. The number of ether oxygens (including phenoxy) is 2. The van der Waals surface area contributed by atoms with Gasteiger partial charge in [-0.1, -0.05) is 5.92 Å². The minimum Gasteiger partial charge on any atom is -0.498 e. The molecule has 0 aromatic heterocycles. The second-order valence-electron chi connectivity index (χ2n) is 3.01. The van der Waals surface area contributed by atoms with Crippen molar-refractivity contribution in [1.29, 1.82) is 0 Å². The molecule has 0 spiro atoms. The highest BCUT2D eigenvalue weighted by molar-refractivity contribution is 6.04. The average Bonchev–Trinajstić information content (AvgIpc) is 2.18. The Morgan fingerprint density at radius 3 is 2.25 bits per heavy atom. The topological polar surface area (TPSA) is 35.5 Å². The van der Waals surface area contributed by atoms with Crippen LogP contribution in [0.4, 0.5) is 0 Å². The van der Waals surface area contributed by atoms with Gasteiger partial charge >= 0.3 is 0 Å². The summed E-state index contributed by atoms with van der Waals surface area (Å²) in [7, 11) is 0. The third kappa shape index (κ3) is 7.69. The van der Waals surface area contributed by atoms with Gasteiger partial charge in [0.05, 0.1) is 19.0 Å². The lowest BCUT2D eigenvalue weighted by atomic mass is 10.3. The van der Waals surface area contributed by atoms with Crippen LogP contribution in [0.5, 0.6) is 0 Å². The summed E-state index contributed by atoms with van der Waals surface area (Å²) in [6.07, 6.45) is 2.95. The van der Waals surface area contributed by atoms with E-state index in [1.165, 1.54) is 6.08 Å². The summed E-state index contributed by atoms with van der Waals surface area (Å²) in [5.74, 6) is 6.10. The molecule has 0 amide bonds. The molecule has 0 bridgehead atoms. The summed E-state index contributed by atoms with van der Waals surface area (Å²) in [6, 6.07) is 0. The van der Waals surface area contributed by atoms with Gasteiger partial charge in [0.25, 0.3) is 0 Å². The summed E-state index contributed by atoms with van der Waals surface area (Å²) in [5.41, 5.74) is 0. The van der Waals surface area contributed by atoms with E-state index in [0.717, 1.165) is 0 Å². The van der Waals surface area contributed by atoms with Gasteiger partial charge in [-0.3, -0.25) is 4.79 Å². The van der Waals surface area contributed by atoms with Crippen LogP contribution in [0, 0.1) is 11.8 Å². The molecule has 0 saturated carbocycles. The maximum atomic E-state index is 11.3. The van der Waals surface area contributed by atoms with Crippen molar-refractivity contribution in [3.8, 4) is 11.8 Å². The fourth-order valence-corrected chi connectivity index (χ4v) is 0.968. The van der Waals surface area contributed by atoms with E-state index in [2.05, 4.69) is 11.8 Å². The number of carbonyl (C=O) groups is 1. The number of rotatable bonds is 5. The number of ketones is 1. The summed E-state index contributed by atoms with van der Waals surface area (Å²) in [6.45, 7) is 8.42. The average molecular weight is 222 g/mol. The van der Waals surface area contributed by atoms with E-state index >= 15 is 0 Å². The maximum absolute atomic E-state index is 11.3.